The second-order valence-corrected chi connectivity index (χ2v) is 9.51. The first kappa shape index (κ1) is 27.5. The molecule has 0 aliphatic carbocycles. The molecule has 0 bridgehead atoms. The molecule has 0 spiro atoms. The van der Waals surface area contributed by atoms with Crippen LogP contribution in [0.5, 0.6) is 28.7 Å². The van der Waals surface area contributed by atoms with Crippen molar-refractivity contribution in [2.75, 3.05) is 46.4 Å². The number of hydrogen-bond acceptors (Lipinski definition) is 8. The van der Waals surface area contributed by atoms with Crippen molar-refractivity contribution in [3.05, 3.63) is 66.2 Å². The van der Waals surface area contributed by atoms with Crippen LogP contribution in [0.2, 0.25) is 0 Å². The fraction of sp³-hybridized carbons (Fsp3) is 0.269. The summed E-state index contributed by atoms with van der Waals surface area (Å²) in [6, 6.07) is 15.9. The van der Waals surface area contributed by atoms with Gasteiger partial charge in [-0.15, -0.1) is 0 Å². The Morgan fingerprint density at radius 2 is 1.35 bits per heavy atom. The Balaban J connectivity index is 1.94. The molecular weight excluding hydrogens is 500 g/mol. The molecule has 0 aromatic heterocycles. The van der Waals surface area contributed by atoms with Gasteiger partial charge in [0.05, 0.1) is 58.2 Å². The van der Waals surface area contributed by atoms with Crippen molar-refractivity contribution in [2.24, 2.45) is 0 Å². The van der Waals surface area contributed by atoms with Crippen molar-refractivity contribution in [3.8, 4) is 28.7 Å². The Labute approximate surface area is 216 Å². The van der Waals surface area contributed by atoms with E-state index >= 15 is 0 Å². The van der Waals surface area contributed by atoms with Crippen LogP contribution in [0.4, 0.5) is 5.69 Å². The Morgan fingerprint density at radius 3 is 1.89 bits per heavy atom. The largest absolute Gasteiger partial charge is 0.497 e. The zero-order chi connectivity index (χ0) is 27.0. The van der Waals surface area contributed by atoms with Crippen LogP contribution in [0, 0.1) is 0 Å². The molecule has 198 valence electrons. The molecule has 0 heterocycles. The zero-order valence-electron chi connectivity index (χ0n) is 21.3. The first-order valence-electron chi connectivity index (χ1n) is 11.1. The number of ether oxygens (including phenoxy) is 5. The summed E-state index contributed by atoms with van der Waals surface area (Å²) >= 11 is 0. The van der Waals surface area contributed by atoms with E-state index in [1.165, 1.54) is 53.7 Å². The lowest BCUT2D eigenvalue weighted by Crippen LogP contribution is -2.40. The van der Waals surface area contributed by atoms with Gasteiger partial charge in [-0.1, -0.05) is 6.07 Å². The van der Waals surface area contributed by atoms with Crippen molar-refractivity contribution in [1.29, 1.82) is 0 Å². The molecule has 0 atom stereocenters. The Morgan fingerprint density at radius 1 is 0.757 bits per heavy atom. The maximum Gasteiger partial charge on any atom is 0.264 e. The smallest absolute Gasteiger partial charge is 0.264 e. The molecule has 3 aromatic rings. The van der Waals surface area contributed by atoms with Crippen LogP contribution in [0.1, 0.15) is 5.56 Å². The van der Waals surface area contributed by atoms with Gasteiger partial charge in [-0.3, -0.25) is 9.10 Å². The summed E-state index contributed by atoms with van der Waals surface area (Å²) in [4.78, 5) is 13.0. The third-order valence-corrected chi connectivity index (χ3v) is 7.35. The second-order valence-electron chi connectivity index (χ2n) is 7.64. The van der Waals surface area contributed by atoms with Crippen LogP contribution < -0.4 is 33.3 Å². The van der Waals surface area contributed by atoms with E-state index in [1.54, 1.807) is 42.5 Å². The third kappa shape index (κ3) is 6.18. The molecule has 1 amide bonds. The normalized spacial score (nSPS) is 10.8. The van der Waals surface area contributed by atoms with Crippen molar-refractivity contribution in [3.63, 3.8) is 0 Å². The van der Waals surface area contributed by atoms with Gasteiger partial charge < -0.3 is 29.0 Å². The van der Waals surface area contributed by atoms with Crippen molar-refractivity contribution >= 4 is 21.6 Å². The van der Waals surface area contributed by atoms with Crippen molar-refractivity contribution in [2.45, 2.75) is 11.4 Å². The molecule has 1 N–H and O–H groups in total. The summed E-state index contributed by atoms with van der Waals surface area (Å²) in [6.45, 7) is -0.417. The Bertz CT molecular complexity index is 1300. The number of rotatable bonds is 12. The number of sulfonamides is 1. The average Bonchev–Trinajstić information content (AvgIpc) is 2.93. The maximum absolute atomic E-state index is 13.7. The van der Waals surface area contributed by atoms with Crippen molar-refractivity contribution < 1.29 is 36.9 Å². The van der Waals surface area contributed by atoms with E-state index in [0.717, 1.165) is 4.31 Å². The van der Waals surface area contributed by atoms with Gasteiger partial charge in [-0.05, 0) is 48.5 Å². The fourth-order valence-electron chi connectivity index (χ4n) is 3.64. The third-order valence-electron chi connectivity index (χ3n) is 5.58. The van der Waals surface area contributed by atoms with Gasteiger partial charge >= 0.3 is 0 Å². The summed E-state index contributed by atoms with van der Waals surface area (Å²) in [6.07, 6.45) is 0. The zero-order valence-corrected chi connectivity index (χ0v) is 22.1. The van der Waals surface area contributed by atoms with Crippen LogP contribution in [0.3, 0.4) is 0 Å². The number of carbonyl (C=O) groups is 1. The van der Waals surface area contributed by atoms with E-state index in [4.69, 9.17) is 23.7 Å². The average molecular weight is 531 g/mol. The highest BCUT2D eigenvalue weighted by Crippen LogP contribution is 2.33. The van der Waals surface area contributed by atoms with Crippen LogP contribution in [-0.4, -0.2) is 56.4 Å². The molecule has 3 rings (SSSR count). The number of carbonyl (C=O) groups excluding carboxylic acids is 1. The minimum absolute atomic E-state index is 0.0683. The van der Waals surface area contributed by atoms with E-state index in [2.05, 4.69) is 5.32 Å². The lowest BCUT2D eigenvalue weighted by atomic mass is 10.1. The minimum atomic E-state index is -4.19. The molecular formula is C26H30N2O8S. The molecule has 3 aromatic carbocycles. The molecule has 0 saturated carbocycles. The lowest BCUT2D eigenvalue weighted by Gasteiger charge is -2.25. The van der Waals surface area contributed by atoms with Gasteiger partial charge in [0.25, 0.3) is 10.0 Å². The lowest BCUT2D eigenvalue weighted by molar-refractivity contribution is -0.119. The van der Waals surface area contributed by atoms with Crippen LogP contribution in [0.25, 0.3) is 0 Å². The highest BCUT2D eigenvalue weighted by atomic mass is 32.2. The van der Waals surface area contributed by atoms with Crippen LogP contribution >= 0.6 is 0 Å². The SMILES string of the molecule is COc1ccc(N(CC(=O)NCc2c(OC)cccc2OC)S(=O)(=O)c2ccc(OC)c(OC)c2)cc1. The molecule has 0 unspecified atom stereocenters. The monoisotopic (exact) mass is 530 g/mol. The predicted octanol–water partition coefficient (Wildman–Crippen LogP) is 3.24. The highest BCUT2D eigenvalue weighted by molar-refractivity contribution is 7.92. The van der Waals surface area contributed by atoms with Gasteiger partial charge in [-0.25, -0.2) is 8.42 Å². The summed E-state index contributed by atoms with van der Waals surface area (Å²) in [5.41, 5.74) is 0.903. The summed E-state index contributed by atoms with van der Waals surface area (Å²) < 4.78 is 54.9. The molecule has 10 nitrogen and oxygen atoms in total. The molecule has 0 saturated heterocycles. The molecule has 0 fully saturated rings. The van der Waals surface area contributed by atoms with Gasteiger partial charge in [0, 0.05) is 6.07 Å². The fourth-order valence-corrected chi connectivity index (χ4v) is 5.08. The molecule has 0 radical (unpaired) electrons. The Hall–Kier alpha value is -4.12. The number of benzene rings is 3. The molecule has 0 aliphatic heterocycles. The first-order chi connectivity index (χ1) is 17.8. The van der Waals surface area contributed by atoms with Gasteiger partial charge in [0.1, 0.15) is 23.8 Å². The highest BCUT2D eigenvalue weighted by Gasteiger charge is 2.28. The predicted molar refractivity (Wildman–Crippen MR) is 138 cm³/mol. The number of amides is 1. The quantitative estimate of drug-likeness (QED) is 0.380. The van der Waals surface area contributed by atoms with E-state index in [0.29, 0.717) is 28.6 Å². The van der Waals surface area contributed by atoms with E-state index in [-0.39, 0.29) is 22.9 Å². The van der Waals surface area contributed by atoms with E-state index < -0.39 is 22.5 Å². The van der Waals surface area contributed by atoms with Crippen LogP contribution in [0.15, 0.2) is 65.6 Å². The standard InChI is InChI=1S/C26H30N2O8S/c1-32-19-11-9-18(10-12-19)28(37(30,31)20-13-14-24(35-4)25(15-20)36-5)17-26(29)27-16-21-22(33-2)7-6-8-23(21)34-3/h6-15H,16-17H2,1-5H3,(H,27,29). The summed E-state index contributed by atoms with van der Waals surface area (Å²) in [5.74, 6) is 1.69. The maximum atomic E-state index is 13.7. The number of hydrogen-bond donors (Lipinski definition) is 1. The van der Waals surface area contributed by atoms with Gasteiger partial charge in [0.15, 0.2) is 11.5 Å². The number of nitrogens with zero attached hydrogens (tertiary/aromatic N) is 1. The molecule has 11 heteroatoms. The summed E-state index contributed by atoms with van der Waals surface area (Å²) in [7, 11) is 3.22. The van der Waals surface area contributed by atoms with E-state index in [9.17, 15) is 13.2 Å². The summed E-state index contributed by atoms with van der Waals surface area (Å²) in [5, 5.41) is 2.76. The number of anilines is 1. The molecule has 37 heavy (non-hydrogen) atoms. The van der Waals surface area contributed by atoms with Crippen molar-refractivity contribution in [1.82, 2.24) is 5.32 Å². The molecule has 0 aliphatic rings. The van der Waals surface area contributed by atoms with Crippen LogP contribution in [-0.2, 0) is 21.4 Å². The number of nitrogens with one attached hydrogen (secondary N) is 1. The Kier molecular flexibility index (Phi) is 9.07. The van der Waals surface area contributed by atoms with Gasteiger partial charge in [0.2, 0.25) is 5.91 Å². The van der Waals surface area contributed by atoms with E-state index in [1.807, 2.05) is 0 Å². The van der Waals surface area contributed by atoms with Gasteiger partial charge in [-0.2, -0.15) is 0 Å². The second kappa shape index (κ2) is 12.2. The topological polar surface area (TPSA) is 113 Å². The number of methoxy groups -OCH3 is 5. The first-order valence-corrected chi connectivity index (χ1v) is 12.6. The minimum Gasteiger partial charge on any atom is -0.497 e.